The third-order valence-electron chi connectivity index (χ3n) is 3.35. The molecule has 1 fully saturated rings. The van der Waals surface area contributed by atoms with E-state index in [4.69, 9.17) is 15.5 Å². The molecule has 0 bridgehead atoms. The van der Waals surface area contributed by atoms with Crippen molar-refractivity contribution >= 4 is 11.3 Å². The lowest BCUT2D eigenvalue weighted by atomic mass is 9.88. The molecule has 0 aliphatic carbocycles. The quantitative estimate of drug-likeness (QED) is 0.898. The van der Waals surface area contributed by atoms with Gasteiger partial charge >= 0.3 is 0 Å². The van der Waals surface area contributed by atoms with Gasteiger partial charge in [-0.1, -0.05) is 13.8 Å². The Hall–Kier alpha value is -0.450. The molecule has 17 heavy (non-hydrogen) atoms. The van der Waals surface area contributed by atoms with Gasteiger partial charge in [0, 0.05) is 24.5 Å². The van der Waals surface area contributed by atoms with Crippen LogP contribution < -0.4 is 5.73 Å². The summed E-state index contributed by atoms with van der Waals surface area (Å²) in [7, 11) is 0. The SMILES string of the molecule is CC(C)(CN)Cc1csc(C2CCOCC2)n1. The van der Waals surface area contributed by atoms with Crippen molar-refractivity contribution in [2.24, 2.45) is 11.1 Å². The van der Waals surface area contributed by atoms with Crippen LogP contribution in [0.3, 0.4) is 0 Å². The molecule has 2 heterocycles. The van der Waals surface area contributed by atoms with Gasteiger partial charge in [0.1, 0.15) is 0 Å². The second-order valence-corrected chi connectivity index (χ2v) is 6.50. The van der Waals surface area contributed by atoms with Crippen LogP contribution in [-0.4, -0.2) is 24.7 Å². The van der Waals surface area contributed by atoms with Crippen molar-refractivity contribution in [3.05, 3.63) is 16.1 Å². The average molecular weight is 254 g/mol. The first-order chi connectivity index (χ1) is 8.11. The van der Waals surface area contributed by atoms with Gasteiger partial charge in [0.15, 0.2) is 0 Å². The molecule has 1 aliphatic heterocycles. The van der Waals surface area contributed by atoms with Crippen molar-refractivity contribution in [3.63, 3.8) is 0 Å². The molecule has 0 atom stereocenters. The van der Waals surface area contributed by atoms with Crippen LogP contribution >= 0.6 is 11.3 Å². The van der Waals surface area contributed by atoms with Crippen LogP contribution in [0.25, 0.3) is 0 Å². The summed E-state index contributed by atoms with van der Waals surface area (Å²) in [4.78, 5) is 4.77. The van der Waals surface area contributed by atoms with E-state index in [0.29, 0.717) is 12.5 Å². The van der Waals surface area contributed by atoms with Gasteiger partial charge in [0.2, 0.25) is 0 Å². The molecule has 96 valence electrons. The highest BCUT2D eigenvalue weighted by Gasteiger charge is 2.22. The fourth-order valence-corrected chi connectivity index (χ4v) is 3.09. The molecule has 1 saturated heterocycles. The van der Waals surface area contributed by atoms with E-state index < -0.39 is 0 Å². The Morgan fingerprint density at radius 3 is 2.82 bits per heavy atom. The second kappa shape index (κ2) is 5.46. The zero-order valence-electron chi connectivity index (χ0n) is 10.7. The molecule has 0 amide bonds. The molecule has 0 aromatic carbocycles. The maximum Gasteiger partial charge on any atom is 0.0960 e. The van der Waals surface area contributed by atoms with E-state index in [1.54, 1.807) is 11.3 Å². The molecule has 2 rings (SSSR count). The minimum absolute atomic E-state index is 0.154. The van der Waals surface area contributed by atoms with E-state index in [0.717, 1.165) is 32.5 Å². The Morgan fingerprint density at radius 2 is 2.18 bits per heavy atom. The van der Waals surface area contributed by atoms with E-state index in [2.05, 4.69) is 19.2 Å². The van der Waals surface area contributed by atoms with E-state index in [-0.39, 0.29) is 5.41 Å². The standard InChI is InChI=1S/C13H22N2OS/c1-13(2,9-14)7-11-8-17-12(15-11)10-3-5-16-6-4-10/h8,10H,3-7,9,14H2,1-2H3. The lowest BCUT2D eigenvalue weighted by molar-refractivity contribution is 0.0852. The monoisotopic (exact) mass is 254 g/mol. The fourth-order valence-electron chi connectivity index (χ4n) is 2.10. The van der Waals surface area contributed by atoms with Gasteiger partial charge in [0.25, 0.3) is 0 Å². The van der Waals surface area contributed by atoms with Crippen LogP contribution in [0.5, 0.6) is 0 Å². The number of nitrogens with two attached hydrogens (primary N) is 1. The number of nitrogens with zero attached hydrogens (tertiary/aromatic N) is 1. The van der Waals surface area contributed by atoms with Crippen molar-refractivity contribution < 1.29 is 4.74 Å². The van der Waals surface area contributed by atoms with Crippen molar-refractivity contribution in [2.45, 2.75) is 39.0 Å². The lowest BCUT2D eigenvalue weighted by Gasteiger charge is -2.21. The van der Waals surface area contributed by atoms with Crippen LogP contribution in [0, 0.1) is 5.41 Å². The summed E-state index contributed by atoms with van der Waals surface area (Å²) in [6.07, 6.45) is 3.21. The van der Waals surface area contributed by atoms with Crippen LogP contribution in [-0.2, 0) is 11.2 Å². The van der Waals surface area contributed by atoms with E-state index >= 15 is 0 Å². The Labute approximate surface area is 107 Å². The zero-order valence-corrected chi connectivity index (χ0v) is 11.6. The molecule has 0 radical (unpaired) electrons. The molecular formula is C13H22N2OS. The molecular weight excluding hydrogens is 232 g/mol. The number of hydrogen-bond donors (Lipinski definition) is 1. The van der Waals surface area contributed by atoms with Crippen molar-refractivity contribution in [1.29, 1.82) is 0 Å². The number of ether oxygens (including phenoxy) is 1. The highest BCUT2D eigenvalue weighted by atomic mass is 32.1. The minimum Gasteiger partial charge on any atom is -0.381 e. The van der Waals surface area contributed by atoms with Gasteiger partial charge in [-0.15, -0.1) is 11.3 Å². The molecule has 0 unspecified atom stereocenters. The molecule has 2 N–H and O–H groups in total. The maximum atomic E-state index is 5.76. The van der Waals surface area contributed by atoms with Crippen LogP contribution in [0.2, 0.25) is 0 Å². The zero-order chi connectivity index (χ0) is 12.3. The summed E-state index contributed by atoms with van der Waals surface area (Å²) < 4.78 is 5.39. The summed E-state index contributed by atoms with van der Waals surface area (Å²) in [6.45, 7) is 6.86. The topological polar surface area (TPSA) is 48.1 Å². The third-order valence-corrected chi connectivity index (χ3v) is 4.41. The highest BCUT2D eigenvalue weighted by Crippen LogP contribution is 2.30. The van der Waals surface area contributed by atoms with Crippen molar-refractivity contribution in [2.75, 3.05) is 19.8 Å². The van der Waals surface area contributed by atoms with Crippen LogP contribution in [0.1, 0.15) is 43.3 Å². The summed E-state index contributed by atoms with van der Waals surface area (Å²) in [5.74, 6) is 0.614. The molecule has 0 saturated carbocycles. The molecule has 1 aromatic heterocycles. The molecule has 0 spiro atoms. The first kappa shape index (κ1) is 13.0. The Bertz CT molecular complexity index is 356. The smallest absolute Gasteiger partial charge is 0.0960 e. The largest absolute Gasteiger partial charge is 0.381 e. The molecule has 3 nitrogen and oxygen atoms in total. The van der Waals surface area contributed by atoms with E-state index in [9.17, 15) is 0 Å². The Morgan fingerprint density at radius 1 is 1.47 bits per heavy atom. The average Bonchev–Trinajstić information content (AvgIpc) is 2.78. The predicted molar refractivity (Wildman–Crippen MR) is 71.4 cm³/mol. The first-order valence-corrected chi connectivity index (χ1v) is 7.21. The minimum atomic E-state index is 0.154. The summed E-state index contributed by atoms with van der Waals surface area (Å²) in [6, 6.07) is 0. The summed E-state index contributed by atoms with van der Waals surface area (Å²) >= 11 is 1.80. The van der Waals surface area contributed by atoms with Gasteiger partial charge in [-0.05, 0) is 31.2 Å². The van der Waals surface area contributed by atoms with Gasteiger partial charge in [-0.3, -0.25) is 0 Å². The van der Waals surface area contributed by atoms with Crippen molar-refractivity contribution in [3.8, 4) is 0 Å². The lowest BCUT2D eigenvalue weighted by Crippen LogP contribution is -2.26. The Balaban J connectivity index is 2.00. The fraction of sp³-hybridized carbons (Fsp3) is 0.769. The number of aromatic nitrogens is 1. The maximum absolute atomic E-state index is 5.76. The van der Waals surface area contributed by atoms with Gasteiger partial charge < -0.3 is 10.5 Å². The van der Waals surface area contributed by atoms with Crippen LogP contribution in [0.15, 0.2) is 5.38 Å². The van der Waals surface area contributed by atoms with Crippen LogP contribution in [0.4, 0.5) is 0 Å². The second-order valence-electron chi connectivity index (χ2n) is 5.61. The highest BCUT2D eigenvalue weighted by molar-refractivity contribution is 7.09. The molecule has 1 aliphatic rings. The summed E-state index contributed by atoms with van der Waals surface area (Å²) in [5.41, 5.74) is 7.12. The normalized spacial score (nSPS) is 18.5. The Kier molecular flexibility index (Phi) is 4.17. The van der Waals surface area contributed by atoms with Crippen molar-refractivity contribution in [1.82, 2.24) is 4.98 Å². The van der Waals surface area contributed by atoms with Gasteiger partial charge in [-0.25, -0.2) is 4.98 Å². The van der Waals surface area contributed by atoms with Gasteiger partial charge in [0.05, 0.1) is 10.7 Å². The molecule has 1 aromatic rings. The molecule has 4 heteroatoms. The first-order valence-electron chi connectivity index (χ1n) is 6.33. The van der Waals surface area contributed by atoms with E-state index in [1.807, 2.05) is 0 Å². The van der Waals surface area contributed by atoms with Gasteiger partial charge in [-0.2, -0.15) is 0 Å². The number of thiazole rings is 1. The van der Waals surface area contributed by atoms with E-state index in [1.165, 1.54) is 10.7 Å². The number of hydrogen-bond acceptors (Lipinski definition) is 4. The summed E-state index contributed by atoms with van der Waals surface area (Å²) in [5, 5.41) is 3.48. The number of rotatable bonds is 4. The third kappa shape index (κ3) is 3.50. The predicted octanol–water partition coefficient (Wildman–Crippen LogP) is 2.56.